The molecule has 1 saturated heterocycles. The van der Waals surface area contributed by atoms with Gasteiger partial charge in [0.15, 0.2) is 0 Å². The van der Waals surface area contributed by atoms with Gasteiger partial charge in [0.1, 0.15) is 5.82 Å². The fraction of sp³-hybridized carbons (Fsp3) is 0.211. The van der Waals surface area contributed by atoms with Crippen LogP contribution in [0.3, 0.4) is 0 Å². The molecule has 126 valence electrons. The maximum atomic E-state index is 12.4. The first kappa shape index (κ1) is 15.4. The van der Waals surface area contributed by atoms with Gasteiger partial charge in [-0.3, -0.25) is 4.79 Å². The fourth-order valence-electron chi connectivity index (χ4n) is 2.99. The lowest BCUT2D eigenvalue weighted by atomic mass is 10.2. The Morgan fingerprint density at radius 1 is 1.04 bits per heavy atom. The van der Waals surface area contributed by atoms with Crippen molar-refractivity contribution >= 4 is 17.4 Å². The zero-order valence-electron chi connectivity index (χ0n) is 13.8. The van der Waals surface area contributed by atoms with Crippen LogP contribution in [0.25, 0.3) is 5.69 Å². The highest BCUT2D eigenvalue weighted by Crippen LogP contribution is 2.19. The highest BCUT2D eigenvalue weighted by Gasteiger charge is 2.13. The van der Waals surface area contributed by atoms with Crippen molar-refractivity contribution in [1.82, 2.24) is 14.5 Å². The van der Waals surface area contributed by atoms with Crippen molar-refractivity contribution < 1.29 is 4.79 Å². The molecule has 6 nitrogen and oxygen atoms in total. The summed E-state index contributed by atoms with van der Waals surface area (Å²) in [5.41, 5.74) is 2.27. The van der Waals surface area contributed by atoms with Gasteiger partial charge in [0.2, 0.25) is 0 Å². The molecule has 6 heteroatoms. The van der Waals surface area contributed by atoms with Gasteiger partial charge in [-0.25, -0.2) is 9.97 Å². The summed E-state index contributed by atoms with van der Waals surface area (Å²) < 4.78 is 1.89. The van der Waals surface area contributed by atoms with E-state index < -0.39 is 0 Å². The number of hydrogen-bond donors (Lipinski definition) is 1. The predicted octanol–water partition coefficient (Wildman–Crippen LogP) is 3.12. The molecular formula is C19H19N5O. The normalized spacial score (nSPS) is 13.8. The van der Waals surface area contributed by atoms with Crippen LogP contribution in [0, 0.1) is 0 Å². The Balaban J connectivity index is 1.42. The van der Waals surface area contributed by atoms with Gasteiger partial charge in [0.05, 0.1) is 18.2 Å². The molecule has 0 bridgehead atoms. The second kappa shape index (κ2) is 6.76. The molecule has 4 rings (SSSR count). The third kappa shape index (κ3) is 3.38. The summed E-state index contributed by atoms with van der Waals surface area (Å²) in [7, 11) is 0. The van der Waals surface area contributed by atoms with Crippen LogP contribution in [-0.2, 0) is 0 Å². The zero-order valence-corrected chi connectivity index (χ0v) is 13.8. The molecule has 2 aromatic heterocycles. The Morgan fingerprint density at radius 3 is 2.48 bits per heavy atom. The molecule has 0 atom stereocenters. The standard InChI is InChI=1S/C19H19N5O/c25-19(15-3-6-17(7-4-15)24-12-9-20-14-24)22-16-5-8-18(21-13-16)23-10-1-2-11-23/h3-9,12-14H,1-2,10-11H2,(H,22,25). The highest BCUT2D eigenvalue weighted by molar-refractivity contribution is 6.04. The van der Waals surface area contributed by atoms with Crippen molar-refractivity contribution in [1.29, 1.82) is 0 Å². The minimum atomic E-state index is -0.145. The number of benzene rings is 1. The summed E-state index contributed by atoms with van der Waals surface area (Å²) >= 11 is 0. The highest BCUT2D eigenvalue weighted by atomic mass is 16.1. The SMILES string of the molecule is O=C(Nc1ccc(N2CCCC2)nc1)c1ccc(-n2ccnc2)cc1. The molecule has 3 heterocycles. The van der Waals surface area contributed by atoms with Gasteiger partial charge < -0.3 is 14.8 Å². The molecule has 25 heavy (non-hydrogen) atoms. The molecule has 1 aromatic carbocycles. The molecular weight excluding hydrogens is 314 g/mol. The van der Waals surface area contributed by atoms with Crippen LogP contribution >= 0.6 is 0 Å². The van der Waals surface area contributed by atoms with E-state index in [0.717, 1.165) is 24.6 Å². The van der Waals surface area contributed by atoms with Crippen LogP contribution in [0.15, 0.2) is 61.3 Å². The molecule has 0 spiro atoms. The molecule has 0 aliphatic carbocycles. The summed E-state index contributed by atoms with van der Waals surface area (Å²) in [6.07, 6.45) is 9.46. The number of nitrogens with zero attached hydrogens (tertiary/aromatic N) is 4. The third-order valence-electron chi connectivity index (χ3n) is 4.37. The third-order valence-corrected chi connectivity index (χ3v) is 4.37. The van der Waals surface area contributed by atoms with Gasteiger partial charge in [0, 0.05) is 36.7 Å². The fourth-order valence-corrected chi connectivity index (χ4v) is 2.99. The van der Waals surface area contributed by atoms with Crippen LogP contribution in [0.5, 0.6) is 0 Å². The van der Waals surface area contributed by atoms with Crippen LogP contribution in [0.2, 0.25) is 0 Å². The van der Waals surface area contributed by atoms with Crippen molar-refractivity contribution in [3.63, 3.8) is 0 Å². The van der Waals surface area contributed by atoms with E-state index in [1.165, 1.54) is 12.8 Å². The summed E-state index contributed by atoms with van der Waals surface area (Å²) in [6.45, 7) is 2.12. The van der Waals surface area contributed by atoms with Gasteiger partial charge in [-0.1, -0.05) is 0 Å². The van der Waals surface area contributed by atoms with Crippen LogP contribution in [0.4, 0.5) is 11.5 Å². The second-order valence-corrected chi connectivity index (χ2v) is 6.07. The summed E-state index contributed by atoms with van der Waals surface area (Å²) in [4.78, 5) is 23.1. The molecule has 0 unspecified atom stereocenters. The molecule has 1 fully saturated rings. The Kier molecular flexibility index (Phi) is 4.16. The van der Waals surface area contributed by atoms with Crippen molar-refractivity contribution in [2.24, 2.45) is 0 Å². The van der Waals surface area contributed by atoms with Gasteiger partial charge in [-0.05, 0) is 49.2 Å². The number of anilines is 2. The molecule has 3 aromatic rings. The minimum Gasteiger partial charge on any atom is -0.357 e. The van der Waals surface area contributed by atoms with Crippen LogP contribution in [-0.4, -0.2) is 33.5 Å². The van der Waals surface area contributed by atoms with Gasteiger partial charge in [0.25, 0.3) is 5.91 Å². The minimum absolute atomic E-state index is 0.145. The lowest BCUT2D eigenvalue weighted by Gasteiger charge is -2.16. The number of nitrogens with one attached hydrogen (secondary N) is 1. The van der Waals surface area contributed by atoms with E-state index in [0.29, 0.717) is 11.3 Å². The quantitative estimate of drug-likeness (QED) is 0.797. The Labute approximate surface area is 146 Å². The number of amides is 1. The van der Waals surface area contributed by atoms with E-state index in [9.17, 15) is 4.79 Å². The van der Waals surface area contributed by atoms with E-state index in [1.54, 1.807) is 30.9 Å². The maximum Gasteiger partial charge on any atom is 0.255 e. The van der Waals surface area contributed by atoms with E-state index in [-0.39, 0.29) is 5.91 Å². The number of pyridine rings is 1. The predicted molar refractivity (Wildman–Crippen MR) is 97.2 cm³/mol. The van der Waals surface area contributed by atoms with Crippen LogP contribution < -0.4 is 10.2 Å². The first-order valence-electron chi connectivity index (χ1n) is 8.40. The zero-order chi connectivity index (χ0) is 17.1. The summed E-state index contributed by atoms with van der Waals surface area (Å²) in [6, 6.07) is 11.3. The molecule has 1 aliphatic heterocycles. The van der Waals surface area contributed by atoms with Crippen LogP contribution in [0.1, 0.15) is 23.2 Å². The number of rotatable bonds is 4. The lowest BCUT2D eigenvalue weighted by Crippen LogP contribution is -2.19. The lowest BCUT2D eigenvalue weighted by molar-refractivity contribution is 0.102. The van der Waals surface area contributed by atoms with E-state index >= 15 is 0 Å². The number of carbonyl (C=O) groups is 1. The topological polar surface area (TPSA) is 63.1 Å². The molecule has 1 aliphatic rings. The van der Waals surface area contributed by atoms with Gasteiger partial charge in [-0.15, -0.1) is 0 Å². The van der Waals surface area contributed by atoms with E-state index in [2.05, 4.69) is 20.2 Å². The van der Waals surface area contributed by atoms with Crippen molar-refractivity contribution in [3.05, 3.63) is 66.9 Å². The Hall–Kier alpha value is -3.15. The Bertz CT molecular complexity index is 835. The monoisotopic (exact) mass is 333 g/mol. The molecule has 0 saturated carbocycles. The average molecular weight is 333 g/mol. The van der Waals surface area contributed by atoms with Crippen molar-refractivity contribution in [3.8, 4) is 5.69 Å². The van der Waals surface area contributed by atoms with Gasteiger partial charge in [-0.2, -0.15) is 0 Å². The average Bonchev–Trinajstić information content (AvgIpc) is 3.36. The summed E-state index contributed by atoms with van der Waals surface area (Å²) in [5.74, 6) is 0.827. The number of carbonyl (C=O) groups excluding carboxylic acids is 1. The smallest absolute Gasteiger partial charge is 0.255 e. The Morgan fingerprint density at radius 2 is 1.84 bits per heavy atom. The second-order valence-electron chi connectivity index (χ2n) is 6.07. The summed E-state index contributed by atoms with van der Waals surface area (Å²) in [5, 5.41) is 2.89. The molecule has 1 amide bonds. The van der Waals surface area contributed by atoms with Crippen molar-refractivity contribution in [2.45, 2.75) is 12.8 Å². The van der Waals surface area contributed by atoms with E-state index in [1.807, 2.05) is 35.0 Å². The van der Waals surface area contributed by atoms with Gasteiger partial charge >= 0.3 is 0 Å². The molecule has 1 N–H and O–H groups in total. The number of aromatic nitrogens is 3. The first-order valence-corrected chi connectivity index (χ1v) is 8.40. The van der Waals surface area contributed by atoms with E-state index in [4.69, 9.17) is 0 Å². The first-order chi connectivity index (χ1) is 12.3. The number of hydrogen-bond acceptors (Lipinski definition) is 4. The number of imidazole rings is 1. The largest absolute Gasteiger partial charge is 0.357 e. The maximum absolute atomic E-state index is 12.4. The van der Waals surface area contributed by atoms with Crippen molar-refractivity contribution in [2.75, 3.05) is 23.3 Å². The molecule has 0 radical (unpaired) electrons.